The van der Waals surface area contributed by atoms with Gasteiger partial charge in [0.2, 0.25) is 0 Å². The minimum Gasteiger partial charge on any atom is -0.308 e. The molecule has 10 heteroatoms. The summed E-state index contributed by atoms with van der Waals surface area (Å²) < 4.78 is 0. The smallest absolute Gasteiger partial charge is 0.112 e. The van der Waals surface area contributed by atoms with Crippen LogP contribution in [0.2, 0.25) is 0 Å². The molecule has 6 aromatic heterocycles. The summed E-state index contributed by atoms with van der Waals surface area (Å²) in [5, 5.41) is 0. The SMILES string of the molecule is c1cnc2c(c1)C1(c3cccc4c3N3c5c1cccc5C1(c5cccnc5-c5nccnc51)c1cccc(c13)C41c3cccnc3-c3nccnc31)c1nccnc1-2. The number of hydrogen-bond acceptors (Lipinski definition) is 10. The van der Waals surface area contributed by atoms with Crippen molar-refractivity contribution in [1.82, 2.24) is 44.9 Å². The highest BCUT2D eigenvalue weighted by atomic mass is 15.2. The van der Waals surface area contributed by atoms with Crippen molar-refractivity contribution in [2.24, 2.45) is 0 Å². The lowest BCUT2D eigenvalue weighted by molar-refractivity contribution is 0.647. The van der Waals surface area contributed by atoms with E-state index in [-0.39, 0.29) is 0 Å². The van der Waals surface area contributed by atoms with Crippen LogP contribution in [0.15, 0.2) is 147 Å². The van der Waals surface area contributed by atoms with Gasteiger partial charge in [0.25, 0.3) is 0 Å². The third kappa shape index (κ3) is 2.78. The number of aromatic nitrogens is 9. The van der Waals surface area contributed by atoms with E-state index in [0.717, 1.165) is 118 Å². The van der Waals surface area contributed by atoms with E-state index < -0.39 is 16.2 Å². The molecule has 9 heterocycles. The fourth-order valence-corrected chi connectivity index (χ4v) is 12.0. The highest BCUT2D eigenvalue weighted by Crippen LogP contribution is 2.74. The van der Waals surface area contributed by atoms with Gasteiger partial charge in [0.1, 0.15) is 17.1 Å². The Morgan fingerprint density at radius 1 is 0.259 bits per heavy atom. The van der Waals surface area contributed by atoms with Crippen LogP contribution in [-0.2, 0) is 16.2 Å². The molecule has 15 rings (SSSR count). The minimum absolute atomic E-state index is 0.789. The van der Waals surface area contributed by atoms with Crippen LogP contribution in [0.25, 0.3) is 34.2 Å². The fourth-order valence-electron chi connectivity index (χ4n) is 12.0. The lowest BCUT2D eigenvalue weighted by atomic mass is 9.55. The van der Waals surface area contributed by atoms with Crippen LogP contribution < -0.4 is 4.90 Å². The topological polar surface area (TPSA) is 119 Å². The monoisotopic (exact) mass is 740 g/mol. The molecule has 0 saturated carbocycles. The number of nitrogens with zero attached hydrogens (tertiary/aromatic N) is 10. The largest absolute Gasteiger partial charge is 0.308 e. The number of hydrogen-bond donors (Lipinski definition) is 0. The number of pyridine rings is 3. The zero-order valence-electron chi connectivity index (χ0n) is 30.3. The molecular formula is C48H24N10. The van der Waals surface area contributed by atoms with Crippen LogP contribution in [0.5, 0.6) is 0 Å². The first kappa shape index (κ1) is 29.4. The summed E-state index contributed by atoms with van der Waals surface area (Å²) in [6, 6.07) is 33.1. The zero-order valence-corrected chi connectivity index (χ0v) is 30.3. The minimum atomic E-state index is -0.879. The van der Waals surface area contributed by atoms with Gasteiger partial charge in [-0.05, 0) is 51.6 Å². The first-order chi connectivity index (χ1) is 28.8. The Labute approximate surface area is 330 Å². The molecule has 0 radical (unpaired) electrons. The molecule has 3 aromatic carbocycles. The van der Waals surface area contributed by atoms with Crippen molar-refractivity contribution in [3.63, 3.8) is 0 Å². The quantitative estimate of drug-likeness (QED) is 0.153. The lowest BCUT2D eigenvalue weighted by Gasteiger charge is -2.56. The molecule has 0 bridgehead atoms. The van der Waals surface area contributed by atoms with Crippen LogP contribution >= 0.6 is 0 Å². The second-order valence-corrected chi connectivity index (χ2v) is 15.7. The fraction of sp³-hybridized carbons (Fsp3) is 0.0625. The molecule has 58 heavy (non-hydrogen) atoms. The molecule has 0 unspecified atom stereocenters. The second-order valence-electron chi connectivity index (χ2n) is 15.7. The Morgan fingerprint density at radius 2 is 0.517 bits per heavy atom. The van der Waals surface area contributed by atoms with Gasteiger partial charge in [-0.15, -0.1) is 0 Å². The van der Waals surface area contributed by atoms with E-state index in [9.17, 15) is 0 Å². The summed E-state index contributed by atoms with van der Waals surface area (Å²) in [6.45, 7) is 0. The third-order valence-corrected chi connectivity index (χ3v) is 13.7. The van der Waals surface area contributed by atoms with Crippen molar-refractivity contribution < 1.29 is 0 Å². The molecule has 266 valence electrons. The summed E-state index contributed by atoms with van der Waals surface area (Å²) in [7, 11) is 0. The molecule has 6 aliphatic rings. The van der Waals surface area contributed by atoms with Gasteiger partial charge in [-0.3, -0.25) is 44.9 Å². The van der Waals surface area contributed by atoms with Gasteiger partial charge in [-0.25, -0.2) is 0 Å². The normalized spacial score (nSPS) is 21.6. The van der Waals surface area contributed by atoms with Gasteiger partial charge in [0.05, 0.1) is 67.5 Å². The standard InChI is InChI=1S/C48H24N10/c1-7-28-40-29(8-1)47(26-14-5-17-50-35(26)38-44(47)56-23-20-53-38)31-10-3-12-33-42(31)58(40)41-30(46(28)25-13-4-16-49-34(25)37-43(46)55-22-19-52-37)9-2-11-32(41)48(33)27-15-6-18-51-36(27)39-45(48)57-24-21-54-39/h1-24H. The average Bonchev–Trinajstić information content (AvgIpc) is 3.87. The molecule has 0 saturated heterocycles. The van der Waals surface area contributed by atoms with E-state index in [1.54, 1.807) is 18.6 Å². The predicted molar refractivity (Wildman–Crippen MR) is 214 cm³/mol. The summed E-state index contributed by atoms with van der Waals surface area (Å²) in [4.78, 5) is 48.5. The van der Waals surface area contributed by atoms with Crippen molar-refractivity contribution in [3.05, 3.63) is 214 Å². The van der Waals surface area contributed by atoms with Crippen molar-refractivity contribution in [1.29, 1.82) is 0 Å². The van der Waals surface area contributed by atoms with Crippen LogP contribution in [0.3, 0.4) is 0 Å². The molecule has 0 N–H and O–H groups in total. The van der Waals surface area contributed by atoms with Crippen LogP contribution in [-0.4, -0.2) is 44.9 Å². The van der Waals surface area contributed by atoms with Gasteiger partial charge in [0, 0.05) is 72.5 Å². The molecule has 9 aromatic rings. The van der Waals surface area contributed by atoms with Gasteiger partial charge in [0.15, 0.2) is 0 Å². The molecule has 0 atom stereocenters. The molecule has 10 nitrogen and oxygen atoms in total. The van der Waals surface area contributed by atoms with Gasteiger partial charge >= 0.3 is 0 Å². The Balaban J connectivity index is 1.23. The van der Waals surface area contributed by atoms with Gasteiger partial charge in [-0.2, -0.15) is 0 Å². The number of rotatable bonds is 0. The molecule has 3 aliphatic heterocycles. The second kappa shape index (κ2) is 9.56. The Morgan fingerprint density at radius 3 is 0.828 bits per heavy atom. The maximum atomic E-state index is 5.27. The summed E-state index contributed by atoms with van der Waals surface area (Å²) in [6.07, 6.45) is 16.3. The highest BCUT2D eigenvalue weighted by Gasteiger charge is 2.65. The number of fused-ring (bicyclic) bond motifs is 21. The van der Waals surface area contributed by atoms with Crippen molar-refractivity contribution in [2.75, 3.05) is 4.90 Å². The first-order valence-corrected chi connectivity index (χ1v) is 19.4. The molecule has 3 spiro atoms. The van der Waals surface area contributed by atoms with E-state index in [4.69, 9.17) is 44.9 Å². The third-order valence-electron chi connectivity index (χ3n) is 13.7. The highest BCUT2D eigenvalue weighted by molar-refractivity contribution is 6.06. The van der Waals surface area contributed by atoms with E-state index in [1.165, 1.54) is 0 Å². The molecular weight excluding hydrogens is 717 g/mol. The van der Waals surface area contributed by atoms with Gasteiger partial charge in [-0.1, -0.05) is 72.8 Å². The number of benzene rings is 3. The zero-order chi connectivity index (χ0) is 37.5. The Kier molecular flexibility index (Phi) is 4.85. The number of para-hydroxylation sites is 3. The van der Waals surface area contributed by atoms with E-state index in [0.29, 0.717) is 0 Å². The van der Waals surface area contributed by atoms with Crippen LogP contribution in [0, 0.1) is 0 Å². The maximum Gasteiger partial charge on any atom is 0.112 e. The Bertz CT molecular complexity index is 2850. The number of anilines is 3. The van der Waals surface area contributed by atoms with Gasteiger partial charge < -0.3 is 4.90 Å². The Hall–Kier alpha value is -7.85. The maximum absolute atomic E-state index is 5.27. The first-order valence-electron chi connectivity index (χ1n) is 19.4. The van der Waals surface area contributed by atoms with Crippen molar-refractivity contribution in [3.8, 4) is 34.2 Å². The summed E-state index contributed by atoms with van der Waals surface area (Å²) in [5.41, 5.74) is 17.9. The van der Waals surface area contributed by atoms with Crippen molar-refractivity contribution in [2.45, 2.75) is 16.2 Å². The molecule has 0 amide bonds. The van der Waals surface area contributed by atoms with Crippen molar-refractivity contribution >= 4 is 17.1 Å². The summed E-state index contributed by atoms with van der Waals surface area (Å²) in [5.74, 6) is 0. The molecule has 3 aliphatic carbocycles. The van der Waals surface area contributed by atoms with E-state index >= 15 is 0 Å². The van der Waals surface area contributed by atoms with E-state index in [2.05, 4.69) is 77.7 Å². The molecule has 0 fully saturated rings. The predicted octanol–water partition coefficient (Wildman–Crippen LogP) is 7.74. The average molecular weight is 741 g/mol. The summed E-state index contributed by atoms with van der Waals surface area (Å²) >= 11 is 0. The van der Waals surface area contributed by atoms with Crippen LogP contribution in [0.4, 0.5) is 17.1 Å². The van der Waals surface area contributed by atoms with Crippen LogP contribution in [0.1, 0.15) is 67.2 Å². The van der Waals surface area contributed by atoms with E-state index in [1.807, 2.05) is 55.4 Å². The lowest BCUT2D eigenvalue weighted by Crippen LogP contribution is -2.48.